The maximum absolute atomic E-state index is 8.39. The van der Waals surface area contributed by atoms with Crippen LogP contribution < -0.4 is 5.73 Å². The fourth-order valence-electron chi connectivity index (χ4n) is 3.86. The predicted octanol–water partition coefficient (Wildman–Crippen LogP) is 3.75. The second-order valence-electron chi connectivity index (χ2n) is 7.42. The number of nitrogens with two attached hydrogens (primary N) is 1. The molecule has 4 aromatic rings. The highest BCUT2D eigenvalue weighted by atomic mass is 16.3. The molecule has 1 aliphatic rings. The molecular weight excluding hydrogens is 364 g/mol. The molecule has 146 valence electrons. The fourth-order valence-corrected chi connectivity index (χ4v) is 3.86. The number of benzene rings is 2. The van der Waals surface area contributed by atoms with Crippen molar-refractivity contribution in [3.63, 3.8) is 0 Å². The van der Waals surface area contributed by atoms with Gasteiger partial charge in [0.2, 0.25) is 0 Å². The van der Waals surface area contributed by atoms with Crippen LogP contribution >= 0.6 is 0 Å². The SMILES string of the molecule is N=C(N=C(N)CN1CCCC1)c1ccc2[nH]nc(-c3cc4ccccc4o3)c2c1. The summed E-state index contributed by atoms with van der Waals surface area (Å²) >= 11 is 0. The van der Waals surface area contributed by atoms with Gasteiger partial charge in [0, 0.05) is 16.3 Å². The number of amidine groups is 2. The highest BCUT2D eigenvalue weighted by Crippen LogP contribution is 2.31. The molecule has 1 fully saturated rings. The van der Waals surface area contributed by atoms with Gasteiger partial charge >= 0.3 is 0 Å². The predicted molar refractivity (Wildman–Crippen MR) is 115 cm³/mol. The van der Waals surface area contributed by atoms with Gasteiger partial charge in [-0.25, -0.2) is 4.99 Å². The lowest BCUT2D eigenvalue weighted by Crippen LogP contribution is -2.32. The molecule has 1 aliphatic heterocycles. The number of para-hydroxylation sites is 1. The summed E-state index contributed by atoms with van der Waals surface area (Å²) in [5.74, 6) is 1.32. The molecule has 0 saturated carbocycles. The number of fused-ring (bicyclic) bond motifs is 2. The topological polar surface area (TPSA) is 107 Å². The largest absolute Gasteiger partial charge is 0.454 e. The Labute approximate surface area is 167 Å². The number of aromatic amines is 1. The first-order chi connectivity index (χ1) is 14.2. The van der Waals surface area contributed by atoms with Crippen molar-refractivity contribution in [1.29, 1.82) is 5.41 Å². The Morgan fingerprint density at radius 1 is 1.17 bits per heavy atom. The van der Waals surface area contributed by atoms with E-state index in [1.54, 1.807) is 0 Å². The highest BCUT2D eigenvalue weighted by Gasteiger charge is 2.16. The molecule has 0 amide bonds. The number of hydrogen-bond acceptors (Lipinski definition) is 4. The van der Waals surface area contributed by atoms with Crippen LogP contribution in [0.3, 0.4) is 0 Å². The van der Waals surface area contributed by atoms with E-state index < -0.39 is 0 Å². The molecule has 2 aromatic heterocycles. The summed E-state index contributed by atoms with van der Waals surface area (Å²) in [5, 5.41) is 17.8. The average molecular weight is 386 g/mol. The Kier molecular flexibility index (Phi) is 4.37. The second kappa shape index (κ2) is 7.18. The lowest BCUT2D eigenvalue weighted by atomic mass is 10.1. The van der Waals surface area contributed by atoms with Gasteiger partial charge in [0.1, 0.15) is 17.1 Å². The van der Waals surface area contributed by atoms with Crippen LogP contribution in [0, 0.1) is 5.41 Å². The van der Waals surface area contributed by atoms with Gasteiger partial charge in [0.25, 0.3) is 0 Å². The molecule has 0 atom stereocenters. The molecule has 0 aliphatic carbocycles. The lowest BCUT2D eigenvalue weighted by molar-refractivity contribution is 0.387. The molecule has 0 unspecified atom stereocenters. The van der Waals surface area contributed by atoms with Crippen LogP contribution in [0.1, 0.15) is 18.4 Å². The van der Waals surface area contributed by atoms with Crippen molar-refractivity contribution in [2.45, 2.75) is 12.8 Å². The van der Waals surface area contributed by atoms with Gasteiger partial charge < -0.3 is 10.2 Å². The van der Waals surface area contributed by atoms with E-state index >= 15 is 0 Å². The van der Waals surface area contributed by atoms with Gasteiger partial charge in [-0.15, -0.1) is 0 Å². The molecule has 5 rings (SSSR count). The third-order valence-electron chi connectivity index (χ3n) is 5.33. The third kappa shape index (κ3) is 3.40. The van der Waals surface area contributed by atoms with Crippen molar-refractivity contribution in [2.75, 3.05) is 19.6 Å². The van der Waals surface area contributed by atoms with Crippen LogP contribution in [0.4, 0.5) is 0 Å². The maximum atomic E-state index is 8.39. The van der Waals surface area contributed by atoms with Crippen molar-refractivity contribution in [2.24, 2.45) is 10.7 Å². The van der Waals surface area contributed by atoms with E-state index in [1.807, 2.05) is 48.5 Å². The summed E-state index contributed by atoms with van der Waals surface area (Å²) in [6.07, 6.45) is 2.40. The molecule has 2 aromatic carbocycles. The van der Waals surface area contributed by atoms with E-state index in [0.717, 1.165) is 40.7 Å². The molecule has 0 radical (unpaired) electrons. The fraction of sp³-hybridized carbons (Fsp3) is 0.227. The summed E-state index contributed by atoms with van der Waals surface area (Å²) in [6, 6.07) is 15.5. The normalized spacial score (nSPS) is 15.5. The average Bonchev–Trinajstić information content (AvgIpc) is 3.46. The Morgan fingerprint density at radius 3 is 2.83 bits per heavy atom. The van der Waals surface area contributed by atoms with Crippen molar-refractivity contribution >= 4 is 33.5 Å². The molecule has 0 spiro atoms. The van der Waals surface area contributed by atoms with Crippen LogP contribution in [0.25, 0.3) is 33.3 Å². The number of hydrogen-bond donors (Lipinski definition) is 3. The maximum Gasteiger partial charge on any atom is 0.156 e. The number of nitrogens with zero attached hydrogens (tertiary/aromatic N) is 3. The van der Waals surface area contributed by atoms with E-state index in [-0.39, 0.29) is 5.84 Å². The van der Waals surface area contributed by atoms with E-state index in [9.17, 15) is 0 Å². The van der Waals surface area contributed by atoms with Crippen molar-refractivity contribution < 1.29 is 4.42 Å². The van der Waals surface area contributed by atoms with Crippen molar-refractivity contribution in [3.05, 3.63) is 54.1 Å². The number of aliphatic imine (C=N–C) groups is 1. The third-order valence-corrected chi connectivity index (χ3v) is 5.33. The number of H-pyrrole nitrogens is 1. The van der Waals surface area contributed by atoms with E-state index in [0.29, 0.717) is 23.7 Å². The summed E-state index contributed by atoms with van der Waals surface area (Å²) in [7, 11) is 0. The number of likely N-dealkylation sites (tertiary alicyclic amines) is 1. The number of furan rings is 1. The first kappa shape index (κ1) is 17.6. The first-order valence-corrected chi connectivity index (χ1v) is 9.79. The number of rotatable bonds is 4. The molecule has 3 heterocycles. The van der Waals surface area contributed by atoms with Gasteiger partial charge in [0.15, 0.2) is 11.6 Å². The monoisotopic (exact) mass is 386 g/mol. The molecule has 0 bridgehead atoms. The van der Waals surface area contributed by atoms with Crippen LogP contribution in [0.2, 0.25) is 0 Å². The summed E-state index contributed by atoms with van der Waals surface area (Å²) in [4.78, 5) is 6.59. The Balaban J connectivity index is 1.46. The Bertz CT molecular complexity index is 1200. The molecule has 29 heavy (non-hydrogen) atoms. The standard InChI is InChI=1S/C22H22N6O/c23-20(13-28-9-3-4-10-28)25-22(24)15-7-8-17-16(11-15)21(27-26-17)19-12-14-5-1-2-6-18(14)29-19/h1-2,5-8,11-12H,3-4,9-10,13H2,(H,26,27)(H3,23,24,25). The summed E-state index contributed by atoms with van der Waals surface area (Å²) in [5.41, 5.74) is 9.20. The van der Waals surface area contributed by atoms with Gasteiger partial charge in [0.05, 0.1) is 12.1 Å². The van der Waals surface area contributed by atoms with Gasteiger partial charge in [-0.05, 0) is 56.3 Å². The minimum atomic E-state index is 0.153. The summed E-state index contributed by atoms with van der Waals surface area (Å²) < 4.78 is 5.97. The van der Waals surface area contributed by atoms with Crippen LogP contribution in [-0.4, -0.2) is 46.4 Å². The molecule has 7 heteroatoms. The van der Waals surface area contributed by atoms with Crippen LogP contribution in [-0.2, 0) is 0 Å². The number of aromatic nitrogens is 2. The Hall–Kier alpha value is -3.45. The smallest absolute Gasteiger partial charge is 0.156 e. The molecule has 7 nitrogen and oxygen atoms in total. The zero-order chi connectivity index (χ0) is 19.8. The first-order valence-electron chi connectivity index (χ1n) is 9.79. The van der Waals surface area contributed by atoms with E-state index in [4.69, 9.17) is 15.6 Å². The lowest BCUT2D eigenvalue weighted by Gasteiger charge is -2.13. The molecular formula is C22H22N6O. The van der Waals surface area contributed by atoms with Gasteiger partial charge in [-0.1, -0.05) is 18.2 Å². The Morgan fingerprint density at radius 2 is 2.00 bits per heavy atom. The quantitative estimate of drug-likeness (QED) is 0.367. The van der Waals surface area contributed by atoms with Gasteiger partial charge in [-0.3, -0.25) is 15.4 Å². The van der Waals surface area contributed by atoms with Crippen molar-refractivity contribution in [1.82, 2.24) is 15.1 Å². The minimum absolute atomic E-state index is 0.153. The van der Waals surface area contributed by atoms with E-state index in [2.05, 4.69) is 20.1 Å². The number of nitrogens with one attached hydrogen (secondary N) is 2. The van der Waals surface area contributed by atoms with Gasteiger partial charge in [-0.2, -0.15) is 5.10 Å². The minimum Gasteiger partial charge on any atom is -0.454 e. The van der Waals surface area contributed by atoms with Crippen LogP contribution in [0.15, 0.2) is 57.9 Å². The molecule has 4 N–H and O–H groups in total. The summed E-state index contributed by atoms with van der Waals surface area (Å²) in [6.45, 7) is 2.71. The zero-order valence-corrected chi connectivity index (χ0v) is 16.0. The van der Waals surface area contributed by atoms with E-state index in [1.165, 1.54) is 12.8 Å². The van der Waals surface area contributed by atoms with Crippen LogP contribution in [0.5, 0.6) is 0 Å². The zero-order valence-electron chi connectivity index (χ0n) is 16.0. The molecule has 1 saturated heterocycles. The highest BCUT2D eigenvalue weighted by molar-refractivity contribution is 6.07. The second-order valence-corrected chi connectivity index (χ2v) is 7.42. The van der Waals surface area contributed by atoms with Crippen molar-refractivity contribution in [3.8, 4) is 11.5 Å².